The third kappa shape index (κ3) is 4.96. The lowest BCUT2D eigenvalue weighted by Crippen LogP contribution is -2.40. The first-order valence-electron chi connectivity index (χ1n) is 6.71. The second kappa shape index (κ2) is 8.17. The maximum atomic E-state index is 11.9. The predicted molar refractivity (Wildman–Crippen MR) is 76.9 cm³/mol. The maximum absolute atomic E-state index is 11.9. The Labute approximate surface area is 140 Å². The fraction of sp³-hybridized carbons (Fsp3) is 0.357. The molecule has 0 amide bonds. The zero-order valence-electron chi connectivity index (χ0n) is 12.8. The topological polar surface area (TPSA) is 191 Å². The molecule has 6 N–H and O–H groups in total. The van der Waals surface area contributed by atoms with Crippen molar-refractivity contribution >= 4 is 17.9 Å². The minimum absolute atomic E-state index is 0.484. The molecule has 138 valence electrons. The van der Waals surface area contributed by atoms with Gasteiger partial charge in [0.05, 0.1) is 18.8 Å². The molecule has 1 aromatic carbocycles. The van der Waals surface area contributed by atoms with Gasteiger partial charge in [-0.1, -0.05) is 0 Å². The van der Waals surface area contributed by atoms with E-state index < -0.39 is 65.5 Å². The summed E-state index contributed by atoms with van der Waals surface area (Å²) in [5.74, 6) is -6.78. The van der Waals surface area contributed by atoms with Crippen LogP contribution in [-0.2, 0) is 19.1 Å². The van der Waals surface area contributed by atoms with Gasteiger partial charge in [0.1, 0.15) is 0 Å². The highest BCUT2D eigenvalue weighted by Gasteiger charge is 2.33. The van der Waals surface area contributed by atoms with Crippen molar-refractivity contribution in [1.29, 1.82) is 0 Å². The van der Waals surface area contributed by atoms with E-state index in [1.165, 1.54) is 0 Å². The molecule has 1 rings (SSSR count). The Morgan fingerprint density at radius 3 is 2.04 bits per heavy atom. The van der Waals surface area contributed by atoms with E-state index in [2.05, 4.69) is 9.47 Å². The summed E-state index contributed by atoms with van der Waals surface area (Å²) in [6.45, 7) is 0. The number of aliphatic hydroxyl groups is 2. The molecule has 11 nitrogen and oxygen atoms in total. The summed E-state index contributed by atoms with van der Waals surface area (Å²) in [4.78, 5) is 34.1. The van der Waals surface area contributed by atoms with E-state index in [4.69, 9.17) is 5.11 Å². The second-order valence-electron chi connectivity index (χ2n) is 4.87. The van der Waals surface area contributed by atoms with Crippen LogP contribution in [0.25, 0.3) is 0 Å². The number of carboxylic acids is 1. The largest absolute Gasteiger partial charge is 0.504 e. The summed E-state index contributed by atoms with van der Waals surface area (Å²) in [6.07, 6.45) is -6.75. The second-order valence-corrected chi connectivity index (χ2v) is 4.87. The van der Waals surface area contributed by atoms with Gasteiger partial charge in [0.15, 0.2) is 23.4 Å². The molecule has 0 radical (unpaired) electrons. The molecule has 0 heterocycles. The lowest BCUT2D eigenvalue weighted by atomic mass is 10.1. The molecule has 11 heteroatoms. The van der Waals surface area contributed by atoms with Gasteiger partial charge in [-0.05, 0) is 12.1 Å². The van der Waals surface area contributed by atoms with Crippen LogP contribution in [0.2, 0.25) is 0 Å². The molecule has 0 aliphatic heterocycles. The summed E-state index contributed by atoms with van der Waals surface area (Å²) in [5, 5.41) is 55.9. The lowest BCUT2D eigenvalue weighted by Gasteiger charge is -2.20. The van der Waals surface area contributed by atoms with Gasteiger partial charge < -0.3 is 40.1 Å². The van der Waals surface area contributed by atoms with E-state index in [1.807, 2.05) is 0 Å². The number of carboxylic acid groups (broad SMARTS) is 1. The van der Waals surface area contributed by atoms with Gasteiger partial charge in [0.2, 0.25) is 6.10 Å². The van der Waals surface area contributed by atoms with E-state index in [0.717, 1.165) is 19.2 Å². The predicted octanol–water partition coefficient (Wildman–Crippen LogP) is -1.30. The van der Waals surface area contributed by atoms with E-state index >= 15 is 0 Å². The van der Waals surface area contributed by atoms with Crippen molar-refractivity contribution in [3.8, 4) is 17.2 Å². The van der Waals surface area contributed by atoms with Crippen LogP contribution in [-0.4, -0.2) is 74.0 Å². The molecule has 25 heavy (non-hydrogen) atoms. The number of carbonyl (C=O) groups is 3. The Bertz CT molecular complexity index is 646. The van der Waals surface area contributed by atoms with Gasteiger partial charge in [-0.2, -0.15) is 0 Å². The fourth-order valence-corrected chi connectivity index (χ4v) is 1.74. The van der Waals surface area contributed by atoms with Gasteiger partial charge in [-0.3, -0.25) is 0 Å². The van der Waals surface area contributed by atoms with Crippen molar-refractivity contribution in [2.75, 3.05) is 7.11 Å². The average molecular weight is 360 g/mol. The third-order valence-corrected chi connectivity index (χ3v) is 3.09. The lowest BCUT2D eigenvalue weighted by molar-refractivity contribution is -0.161. The first kappa shape index (κ1) is 20.0. The van der Waals surface area contributed by atoms with Crippen molar-refractivity contribution in [2.45, 2.75) is 24.7 Å². The van der Waals surface area contributed by atoms with Gasteiger partial charge in [-0.15, -0.1) is 0 Å². The fourth-order valence-electron chi connectivity index (χ4n) is 1.74. The number of carbonyl (C=O) groups excluding carboxylic acids is 2. The molecule has 3 atom stereocenters. The summed E-state index contributed by atoms with van der Waals surface area (Å²) < 4.78 is 8.80. The minimum atomic E-state index is -2.05. The van der Waals surface area contributed by atoms with Crippen LogP contribution in [0.4, 0.5) is 0 Å². The molecule has 0 saturated carbocycles. The van der Waals surface area contributed by atoms with Crippen molar-refractivity contribution in [3.63, 3.8) is 0 Å². The smallest absolute Gasteiger partial charge is 0.345 e. The summed E-state index contributed by atoms with van der Waals surface area (Å²) >= 11 is 0. The number of rotatable bonds is 7. The zero-order chi connectivity index (χ0) is 19.3. The Morgan fingerprint density at radius 1 is 1.08 bits per heavy atom. The molecule has 0 aromatic heterocycles. The van der Waals surface area contributed by atoms with Crippen molar-refractivity contribution < 1.29 is 54.5 Å². The molecule has 1 aromatic rings. The monoisotopic (exact) mass is 360 g/mol. The quantitative estimate of drug-likeness (QED) is 0.250. The number of methoxy groups -OCH3 is 1. The first-order valence-corrected chi connectivity index (χ1v) is 6.71. The number of phenolic OH excluding ortho intramolecular Hbond substituents is 3. The maximum Gasteiger partial charge on any atom is 0.345 e. The normalized spacial score (nSPS) is 14.2. The Balaban J connectivity index is 2.89. The number of ether oxygens (including phenoxy) is 2. The van der Waals surface area contributed by atoms with Crippen molar-refractivity contribution in [1.82, 2.24) is 0 Å². The molecular formula is C14H16O11. The number of esters is 2. The Morgan fingerprint density at radius 2 is 1.60 bits per heavy atom. The van der Waals surface area contributed by atoms with E-state index in [0.29, 0.717) is 0 Å². The molecule has 0 spiro atoms. The van der Waals surface area contributed by atoms with E-state index in [1.54, 1.807) is 0 Å². The van der Waals surface area contributed by atoms with Crippen LogP contribution in [0.3, 0.4) is 0 Å². The van der Waals surface area contributed by atoms with Crippen LogP contribution in [0.15, 0.2) is 12.1 Å². The zero-order valence-corrected chi connectivity index (χ0v) is 12.8. The van der Waals surface area contributed by atoms with Crippen LogP contribution < -0.4 is 0 Å². The third-order valence-electron chi connectivity index (χ3n) is 3.09. The van der Waals surface area contributed by atoms with Gasteiger partial charge >= 0.3 is 17.9 Å². The van der Waals surface area contributed by atoms with Gasteiger partial charge in [0.25, 0.3) is 0 Å². The Hall–Kier alpha value is -3.05. The average Bonchev–Trinajstić information content (AvgIpc) is 2.56. The number of aromatic hydroxyl groups is 3. The van der Waals surface area contributed by atoms with Crippen molar-refractivity contribution in [3.05, 3.63) is 17.7 Å². The number of hydrogen-bond acceptors (Lipinski definition) is 10. The number of aliphatic carboxylic acids is 1. The SMILES string of the molecule is COC(=O)C(O)C(O)CC(OC(=O)c1cc(O)c(O)c(O)c1)C(=O)O. The number of benzene rings is 1. The number of aliphatic hydroxyl groups excluding tert-OH is 2. The highest BCUT2D eigenvalue weighted by Crippen LogP contribution is 2.35. The summed E-state index contributed by atoms with van der Waals surface area (Å²) in [6, 6.07) is 1.44. The molecule has 0 fully saturated rings. The summed E-state index contributed by atoms with van der Waals surface area (Å²) in [5.41, 5.74) is -0.484. The Kier molecular flexibility index (Phi) is 6.53. The number of hydrogen-bond donors (Lipinski definition) is 6. The minimum Gasteiger partial charge on any atom is -0.504 e. The number of phenols is 3. The summed E-state index contributed by atoms with van der Waals surface area (Å²) in [7, 11) is 0.941. The van der Waals surface area contributed by atoms with Crippen LogP contribution in [0.5, 0.6) is 17.2 Å². The van der Waals surface area contributed by atoms with Crippen LogP contribution in [0.1, 0.15) is 16.8 Å². The van der Waals surface area contributed by atoms with E-state index in [9.17, 15) is 39.9 Å². The molecule has 0 aliphatic carbocycles. The standard InChI is InChI=1S/C14H16O11/c1-24-14(23)11(19)8(17)4-9(12(20)21)25-13(22)5-2-6(15)10(18)7(16)3-5/h2-3,8-9,11,15-19H,4H2,1H3,(H,20,21). The van der Waals surface area contributed by atoms with Gasteiger partial charge in [0, 0.05) is 6.42 Å². The molecule has 0 aliphatic rings. The molecular weight excluding hydrogens is 344 g/mol. The van der Waals surface area contributed by atoms with Crippen LogP contribution in [0, 0.1) is 0 Å². The molecule has 0 bridgehead atoms. The highest BCUT2D eigenvalue weighted by molar-refractivity contribution is 5.92. The molecule has 3 unspecified atom stereocenters. The van der Waals surface area contributed by atoms with Crippen molar-refractivity contribution in [2.24, 2.45) is 0 Å². The van der Waals surface area contributed by atoms with Gasteiger partial charge in [-0.25, -0.2) is 14.4 Å². The highest BCUT2D eigenvalue weighted by atomic mass is 16.6. The molecule has 0 saturated heterocycles. The first-order chi connectivity index (χ1) is 11.6. The van der Waals surface area contributed by atoms with E-state index in [-0.39, 0.29) is 0 Å². The van der Waals surface area contributed by atoms with Crippen LogP contribution >= 0.6 is 0 Å².